The average Bonchev–Trinajstić information content (AvgIpc) is 2.79. The van der Waals surface area contributed by atoms with Gasteiger partial charge in [-0.05, 0) is 19.2 Å². The van der Waals surface area contributed by atoms with E-state index >= 15 is 0 Å². The van der Waals surface area contributed by atoms with Crippen LogP contribution in [0.5, 0.6) is 0 Å². The van der Waals surface area contributed by atoms with Crippen molar-refractivity contribution in [1.29, 1.82) is 0 Å². The van der Waals surface area contributed by atoms with Crippen molar-refractivity contribution in [1.82, 2.24) is 20.5 Å². The maximum Gasteiger partial charge on any atom is 0.279 e. The standard InChI is InChI=1S/C10H13N5O2S/c1-11-6-8-7-13-14-10(8)18(16,17)15-9-2-4-12-5-3-9/h2-5,7,11H,6H2,1H3,(H,12,15)(H,13,14). The van der Waals surface area contributed by atoms with Gasteiger partial charge in [-0.1, -0.05) is 0 Å². The third-order valence-electron chi connectivity index (χ3n) is 2.25. The molecule has 8 heteroatoms. The average molecular weight is 267 g/mol. The summed E-state index contributed by atoms with van der Waals surface area (Å²) in [4.78, 5) is 3.82. The van der Waals surface area contributed by atoms with E-state index in [4.69, 9.17) is 0 Å². The van der Waals surface area contributed by atoms with E-state index < -0.39 is 10.0 Å². The molecule has 0 saturated carbocycles. The molecule has 0 fully saturated rings. The number of H-pyrrole nitrogens is 1. The van der Waals surface area contributed by atoms with Crippen molar-refractivity contribution in [3.05, 3.63) is 36.3 Å². The van der Waals surface area contributed by atoms with Crippen molar-refractivity contribution in [3.63, 3.8) is 0 Å². The lowest BCUT2D eigenvalue weighted by Crippen LogP contribution is -2.17. The number of rotatable bonds is 5. The lowest BCUT2D eigenvalue weighted by molar-refractivity contribution is 0.595. The van der Waals surface area contributed by atoms with Crippen molar-refractivity contribution < 1.29 is 8.42 Å². The molecule has 0 aliphatic carbocycles. The first-order valence-electron chi connectivity index (χ1n) is 5.23. The van der Waals surface area contributed by atoms with Crippen molar-refractivity contribution in [2.75, 3.05) is 11.8 Å². The van der Waals surface area contributed by atoms with Crippen LogP contribution in [0.3, 0.4) is 0 Å². The monoisotopic (exact) mass is 267 g/mol. The van der Waals surface area contributed by atoms with E-state index in [-0.39, 0.29) is 5.03 Å². The molecule has 2 aromatic heterocycles. The van der Waals surface area contributed by atoms with Gasteiger partial charge in [0.2, 0.25) is 0 Å². The molecule has 0 bridgehead atoms. The van der Waals surface area contributed by atoms with Gasteiger partial charge in [-0.25, -0.2) is 0 Å². The minimum absolute atomic E-state index is 0.0636. The molecule has 7 nitrogen and oxygen atoms in total. The van der Waals surface area contributed by atoms with Crippen molar-refractivity contribution in [2.45, 2.75) is 11.6 Å². The Balaban J connectivity index is 2.28. The van der Waals surface area contributed by atoms with Gasteiger partial charge in [-0.3, -0.25) is 14.8 Å². The Kier molecular flexibility index (Phi) is 3.58. The van der Waals surface area contributed by atoms with E-state index in [1.807, 2.05) is 0 Å². The highest BCUT2D eigenvalue weighted by Crippen LogP contribution is 2.16. The van der Waals surface area contributed by atoms with Crippen LogP contribution in [0.2, 0.25) is 0 Å². The molecule has 18 heavy (non-hydrogen) atoms. The molecule has 0 saturated heterocycles. The normalized spacial score (nSPS) is 11.4. The minimum Gasteiger partial charge on any atom is -0.316 e. The SMILES string of the molecule is CNCc1cn[nH]c1S(=O)(=O)Nc1ccncc1. The van der Waals surface area contributed by atoms with Crippen molar-refractivity contribution in [2.24, 2.45) is 0 Å². The predicted molar refractivity (Wildman–Crippen MR) is 66.4 cm³/mol. The third kappa shape index (κ3) is 2.66. The fraction of sp³-hybridized carbons (Fsp3) is 0.200. The zero-order chi connectivity index (χ0) is 13.0. The molecule has 0 unspecified atom stereocenters. The van der Waals surface area contributed by atoms with Crippen LogP contribution in [0.4, 0.5) is 5.69 Å². The highest BCUT2D eigenvalue weighted by atomic mass is 32.2. The van der Waals surface area contributed by atoms with Gasteiger partial charge < -0.3 is 5.32 Å². The van der Waals surface area contributed by atoms with Crippen LogP contribution in [0, 0.1) is 0 Å². The molecule has 0 amide bonds. The molecular formula is C10H13N5O2S. The number of anilines is 1. The minimum atomic E-state index is -3.66. The number of nitrogens with one attached hydrogen (secondary N) is 3. The Morgan fingerprint density at radius 1 is 1.33 bits per heavy atom. The predicted octanol–water partition coefficient (Wildman–Crippen LogP) is 0.325. The summed E-state index contributed by atoms with van der Waals surface area (Å²) in [6.07, 6.45) is 4.51. The van der Waals surface area contributed by atoms with Gasteiger partial charge in [-0.2, -0.15) is 13.5 Å². The summed E-state index contributed by atoms with van der Waals surface area (Å²) in [5, 5.41) is 9.19. The van der Waals surface area contributed by atoms with Crippen LogP contribution in [-0.2, 0) is 16.6 Å². The zero-order valence-electron chi connectivity index (χ0n) is 9.71. The van der Waals surface area contributed by atoms with E-state index in [0.29, 0.717) is 17.8 Å². The van der Waals surface area contributed by atoms with E-state index in [1.54, 1.807) is 19.2 Å². The molecule has 2 rings (SSSR count). The van der Waals surface area contributed by atoms with Gasteiger partial charge in [0.15, 0.2) is 5.03 Å². The Morgan fingerprint density at radius 3 is 2.72 bits per heavy atom. The summed E-state index contributed by atoms with van der Waals surface area (Å²) in [6, 6.07) is 3.15. The molecule has 0 aliphatic heterocycles. The van der Waals surface area contributed by atoms with Crippen LogP contribution < -0.4 is 10.0 Å². The third-order valence-corrected chi connectivity index (χ3v) is 3.64. The van der Waals surface area contributed by atoms with Crippen molar-refractivity contribution >= 4 is 15.7 Å². The second kappa shape index (κ2) is 5.15. The number of nitrogens with zero attached hydrogens (tertiary/aromatic N) is 2. The number of aromatic amines is 1. The second-order valence-electron chi connectivity index (χ2n) is 3.60. The molecule has 0 spiro atoms. The summed E-state index contributed by atoms with van der Waals surface area (Å²) in [7, 11) is -1.92. The van der Waals surface area contributed by atoms with Gasteiger partial charge in [0.25, 0.3) is 10.0 Å². The first-order valence-corrected chi connectivity index (χ1v) is 6.71. The Morgan fingerprint density at radius 2 is 2.06 bits per heavy atom. The lowest BCUT2D eigenvalue weighted by Gasteiger charge is -2.07. The topological polar surface area (TPSA) is 99.8 Å². The number of pyridine rings is 1. The Hall–Kier alpha value is -1.93. The fourth-order valence-corrected chi connectivity index (χ4v) is 2.67. The van der Waals surface area contributed by atoms with Crippen LogP contribution in [0.15, 0.2) is 35.7 Å². The van der Waals surface area contributed by atoms with E-state index in [1.165, 1.54) is 18.6 Å². The smallest absolute Gasteiger partial charge is 0.279 e. The van der Waals surface area contributed by atoms with Gasteiger partial charge in [0.1, 0.15) is 0 Å². The van der Waals surface area contributed by atoms with Gasteiger partial charge in [0, 0.05) is 24.5 Å². The number of hydrogen-bond acceptors (Lipinski definition) is 5. The quantitative estimate of drug-likeness (QED) is 0.724. The van der Waals surface area contributed by atoms with Gasteiger partial charge in [0.05, 0.1) is 11.9 Å². The van der Waals surface area contributed by atoms with Crippen LogP contribution in [-0.4, -0.2) is 30.6 Å². The summed E-state index contributed by atoms with van der Waals surface area (Å²) in [5.74, 6) is 0. The summed E-state index contributed by atoms with van der Waals surface area (Å²) < 4.78 is 26.7. The van der Waals surface area contributed by atoms with E-state index in [9.17, 15) is 8.42 Å². The largest absolute Gasteiger partial charge is 0.316 e. The molecule has 0 aromatic carbocycles. The molecule has 2 aromatic rings. The van der Waals surface area contributed by atoms with E-state index in [0.717, 1.165) is 0 Å². The molecule has 0 radical (unpaired) electrons. The number of aromatic nitrogens is 3. The van der Waals surface area contributed by atoms with Crippen LogP contribution >= 0.6 is 0 Å². The summed E-state index contributed by atoms with van der Waals surface area (Å²) in [5.41, 5.74) is 1.04. The first-order chi connectivity index (χ1) is 8.63. The molecule has 96 valence electrons. The maximum atomic E-state index is 12.1. The molecule has 0 aliphatic rings. The Labute approximate surface area is 105 Å². The van der Waals surface area contributed by atoms with Crippen LogP contribution in [0.25, 0.3) is 0 Å². The number of hydrogen-bond donors (Lipinski definition) is 3. The zero-order valence-corrected chi connectivity index (χ0v) is 10.5. The first kappa shape index (κ1) is 12.5. The molecule has 2 heterocycles. The van der Waals surface area contributed by atoms with Crippen LogP contribution in [0.1, 0.15) is 5.56 Å². The molecular weight excluding hydrogens is 254 g/mol. The lowest BCUT2D eigenvalue weighted by atomic mass is 10.4. The number of sulfonamides is 1. The van der Waals surface area contributed by atoms with Crippen molar-refractivity contribution in [3.8, 4) is 0 Å². The highest BCUT2D eigenvalue weighted by Gasteiger charge is 2.20. The van der Waals surface area contributed by atoms with Gasteiger partial charge >= 0.3 is 0 Å². The maximum absolute atomic E-state index is 12.1. The summed E-state index contributed by atoms with van der Waals surface area (Å²) >= 11 is 0. The highest BCUT2D eigenvalue weighted by molar-refractivity contribution is 7.92. The fourth-order valence-electron chi connectivity index (χ4n) is 1.47. The van der Waals surface area contributed by atoms with Gasteiger partial charge in [-0.15, -0.1) is 0 Å². The summed E-state index contributed by atoms with van der Waals surface area (Å²) in [6.45, 7) is 0.420. The molecule has 3 N–H and O–H groups in total. The Bertz CT molecular complexity index is 608. The second-order valence-corrected chi connectivity index (χ2v) is 5.22. The van der Waals surface area contributed by atoms with E-state index in [2.05, 4.69) is 25.2 Å². The molecule has 0 atom stereocenters.